The van der Waals surface area contributed by atoms with Gasteiger partial charge < -0.3 is 15.4 Å². The van der Waals surface area contributed by atoms with Crippen LogP contribution >= 0.6 is 0 Å². The number of rotatable bonds is 1. The van der Waals surface area contributed by atoms with E-state index in [1.165, 1.54) is 4.90 Å². The molecule has 1 amide bonds. The van der Waals surface area contributed by atoms with E-state index in [1.807, 2.05) is 26.8 Å². The molecule has 1 heterocycles. The van der Waals surface area contributed by atoms with Crippen molar-refractivity contribution in [1.29, 1.82) is 5.26 Å². The van der Waals surface area contributed by atoms with Crippen LogP contribution in [0.3, 0.4) is 0 Å². The van der Waals surface area contributed by atoms with Gasteiger partial charge in [-0.15, -0.1) is 0 Å². The van der Waals surface area contributed by atoms with Gasteiger partial charge in [0.05, 0.1) is 18.0 Å². The van der Waals surface area contributed by atoms with E-state index < -0.39 is 11.1 Å². The molecule has 0 saturated carbocycles. The fourth-order valence-corrected chi connectivity index (χ4v) is 1.44. The van der Waals surface area contributed by atoms with Gasteiger partial charge in [0.2, 0.25) is 0 Å². The number of nitrogens with two attached hydrogens (primary N) is 1. The van der Waals surface area contributed by atoms with Gasteiger partial charge in [-0.1, -0.05) is 0 Å². The summed E-state index contributed by atoms with van der Waals surface area (Å²) in [5.74, 6) is 0. The maximum absolute atomic E-state index is 11.5. The molecule has 5 nitrogen and oxygen atoms in total. The minimum atomic E-state index is -0.536. The standard InChI is InChI=1S/C10H17N3O2/c1-9(2,3)15-8(14)13-6-10(12,7-13)4-5-11/h4,6-7,12H2,1-3H3. The normalized spacial score (nSPS) is 19.0. The fraction of sp³-hybridized carbons (Fsp3) is 0.800. The highest BCUT2D eigenvalue weighted by molar-refractivity contribution is 5.69. The molecule has 5 heteroatoms. The Morgan fingerprint density at radius 2 is 2.13 bits per heavy atom. The zero-order valence-corrected chi connectivity index (χ0v) is 9.41. The van der Waals surface area contributed by atoms with E-state index in [1.54, 1.807) is 0 Å². The summed E-state index contributed by atoms with van der Waals surface area (Å²) < 4.78 is 5.16. The van der Waals surface area contributed by atoms with Crippen LogP contribution in [0.2, 0.25) is 0 Å². The van der Waals surface area contributed by atoms with E-state index in [-0.39, 0.29) is 12.5 Å². The predicted octanol–water partition coefficient (Wildman–Crippen LogP) is 0.848. The average molecular weight is 211 g/mol. The lowest BCUT2D eigenvalue weighted by molar-refractivity contribution is -0.00712. The minimum absolute atomic E-state index is 0.270. The largest absolute Gasteiger partial charge is 0.444 e. The third-order valence-corrected chi connectivity index (χ3v) is 2.09. The smallest absolute Gasteiger partial charge is 0.410 e. The highest BCUT2D eigenvalue weighted by Crippen LogP contribution is 2.23. The molecular formula is C10H17N3O2. The minimum Gasteiger partial charge on any atom is -0.444 e. The molecule has 0 bridgehead atoms. The molecule has 15 heavy (non-hydrogen) atoms. The van der Waals surface area contributed by atoms with Crippen LogP contribution in [0.4, 0.5) is 4.79 Å². The zero-order valence-electron chi connectivity index (χ0n) is 9.41. The molecule has 1 rings (SSSR count). The van der Waals surface area contributed by atoms with Crippen molar-refractivity contribution in [2.75, 3.05) is 13.1 Å². The molecule has 0 aliphatic carbocycles. The Morgan fingerprint density at radius 3 is 2.53 bits per heavy atom. The summed E-state index contributed by atoms with van der Waals surface area (Å²) in [6.07, 6.45) is -0.0896. The Morgan fingerprint density at radius 1 is 1.60 bits per heavy atom. The number of carbonyl (C=O) groups excluding carboxylic acids is 1. The maximum atomic E-state index is 11.5. The topological polar surface area (TPSA) is 79.3 Å². The number of amides is 1. The summed E-state index contributed by atoms with van der Waals surface area (Å²) in [6.45, 7) is 6.24. The van der Waals surface area contributed by atoms with E-state index in [2.05, 4.69) is 0 Å². The summed E-state index contributed by atoms with van der Waals surface area (Å²) >= 11 is 0. The zero-order chi connectivity index (χ0) is 11.7. The molecule has 1 aliphatic heterocycles. The van der Waals surface area contributed by atoms with E-state index in [0.717, 1.165) is 0 Å². The molecule has 0 spiro atoms. The molecular weight excluding hydrogens is 194 g/mol. The molecule has 1 saturated heterocycles. The number of nitrogens with zero attached hydrogens (tertiary/aromatic N) is 2. The van der Waals surface area contributed by atoms with Crippen molar-refractivity contribution in [1.82, 2.24) is 4.90 Å². The Bertz CT molecular complexity index is 295. The van der Waals surface area contributed by atoms with Crippen LogP contribution in [0, 0.1) is 11.3 Å². The summed E-state index contributed by atoms with van der Waals surface area (Å²) in [6, 6.07) is 2.01. The van der Waals surface area contributed by atoms with Crippen LogP contribution in [-0.2, 0) is 4.74 Å². The second kappa shape index (κ2) is 3.70. The Kier molecular flexibility index (Phi) is 2.91. The first-order valence-corrected chi connectivity index (χ1v) is 4.89. The van der Waals surface area contributed by atoms with Crippen molar-refractivity contribution >= 4 is 6.09 Å². The lowest BCUT2D eigenvalue weighted by Crippen LogP contribution is -2.68. The van der Waals surface area contributed by atoms with Crippen LogP contribution < -0.4 is 5.73 Å². The van der Waals surface area contributed by atoms with Crippen LogP contribution in [0.25, 0.3) is 0 Å². The highest BCUT2D eigenvalue weighted by atomic mass is 16.6. The molecule has 0 atom stereocenters. The summed E-state index contributed by atoms with van der Waals surface area (Å²) in [7, 11) is 0. The van der Waals surface area contributed by atoms with Gasteiger partial charge in [0, 0.05) is 13.1 Å². The van der Waals surface area contributed by atoms with Gasteiger partial charge in [-0.3, -0.25) is 0 Å². The SMILES string of the molecule is CC(C)(C)OC(=O)N1CC(N)(CC#N)C1. The quantitative estimate of drug-likeness (QED) is 0.697. The third-order valence-electron chi connectivity index (χ3n) is 2.09. The predicted molar refractivity (Wildman–Crippen MR) is 55.0 cm³/mol. The number of likely N-dealkylation sites (tertiary alicyclic amines) is 1. The number of carbonyl (C=O) groups is 1. The maximum Gasteiger partial charge on any atom is 0.410 e. The Balaban J connectivity index is 2.40. The molecule has 0 aromatic heterocycles. The molecule has 0 aromatic rings. The van der Waals surface area contributed by atoms with Gasteiger partial charge in [-0.2, -0.15) is 5.26 Å². The molecule has 0 radical (unpaired) electrons. The van der Waals surface area contributed by atoms with Crippen LogP contribution in [0.1, 0.15) is 27.2 Å². The second-order valence-electron chi connectivity index (χ2n) is 5.03. The fourth-order valence-electron chi connectivity index (χ4n) is 1.44. The van der Waals surface area contributed by atoms with Crippen molar-refractivity contribution in [3.63, 3.8) is 0 Å². The van der Waals surface area contributed by atoms with Crippen molar-refractivity contribution in [3.05, 3.63) is 0 Å². The van der Waals surface area contributed by atoms with Crippen LogP contribution in [0.5, 0.6) is 0 Å². The third kappa shape index (κ3) is 3.10. The molecule has 1 aliphatic rings. The molecule has 1 fully saturated rings. The number of ether oxygens (including phenoxy) is 1. The molecule has 2 N–H and O–H groups in total. The van der Waals surface area contributed by atoms with Crippen molar-refractivity contribution < 1.29 is 9.53 Å². The van der Waals surface area contributed by atoms with Gasteiger partial charge >= 0.3 is 6.09 Å². The summed E-state index contributed by atoms with van der Waals surface area (Å²) in [4.78, 5) is 13.0. The highest BCUT2D eigenvalue weighted by Gasteiger charge is 2.43. The average Bonchev–Trinajstić information content (AvgIpc) is 1.96. The van der Waals surface area contributed by atoms with Gasteiger partial charge in [0.25, 0.3) is 0 Å². The second-order valence-corrected chi connectivity index (χ2v) is 5.03. The van der Waals surface area contributed by atoms with Gasteiger partial charge in [-0.25, -0.2) is 4.79 Å². The number of hydrogen-bond acceptors (Lipinski definition) is 4. The van der Waals surface area contributed by atoms with Gasteiger partial charge in [-0.05, 0) is 20.8 Å². The molecule has 0 unspecified atom stereocenters. The van der Waals surface area contributed by atoms with Crippen molar-refractivity contribution in [2.24, 2.45) is 5.73 Å². The van der Waals surface area contributed by atoms with E-state index in [0.29, 0.717) is 13.1 Å². The summed E-state index contributed by atoms with van der Waals surface area (Å²) in [5, 5.41) is 8.51. The van der Waals surface area contributed by atoms with Gasteiger partial charge in [0.15, 0.2) is 0 Å². The lowest BCUT2D eigenvalue weighted by atomic mass is 9.88. The van der Waals surface area contributed by atoms with E-state index in [4.69, 9.17) is 15.7 Å². The number of nitriles is 1. The van der Waals surface area contributed by atoms with Gasteiger partial charge in [0.1, 0.15) is 5.60 Å². The monoisotopic (exact) mass is 211 g/mol. The first-order chi connectivity index (χ1) is 6.76. The first kappa shape index (κ1) is 11.8. The molecule has 0 aromatic carbocycles. The Labute approximate surface area is 89.8 Å². The first-order valence-electron chi connectivity index (χ1n) is 4.89. The van der Waals surface area contributed by atoms with Crippen LogP contribution in [0.15, 0.2) is 0 Å². The van der Waals surface area contributed by atoms with Crippen LogP contribution in [-0.4, -0.2) is 35.2 Å². The molecule has 84 valence electrons. The Hall–Kier alpha value is -1.28. The number of hydrogen-bond donors (Lipinski definition) is 1. The van der Waals surface area contributed by atoms with Crippen molar-refractivity contribution in [3.8, 4) is 6.07 Å². The van der Waals surface area contributed by atoms with E-state index >= 15 is 0 Å². The van der Waals surface area contributed by atoms with Crippen molar-refractivity contribution in [2.45, 2.75) is 38.3 Å². The van der Waals surface area contributed by atoms with E-state index in [9.17, 15) is 4.79 Å². The summed E-state index contributed by atoms with van der Waals surface area (Å²) in [5.41, 5.74) is 4.81. The lowest BCUT2D eigenvalue weighted by Gasteiger charge is -2.46.